The maximum Gasteiger partial charge on any atom is 0.282 e. The van der Waals surface area contributed by atoms with Gasteiger partial charge in [0.2, 0.25) is 0 Å². The molecule has 11 heteroatoms. The van der Waals surface area contributed by atoms with E-state index in [0.717, 1.165) is 57.5 Å². The van der Waals surface area contributed by atoms with E-state index in [9.17, 15) is 8.78 Å². The molecule has 2 atom stereocenters. The van der Waals surface area contributed by atoms with Crippen molar-refractivity contribution in [1.82, 2.24) is 35.2 Å². The molecule has 3 saturated heterocycles. The summed E-state index contributed by atoms with van der Waals surface area (Å²) < 4.78 is 34.7. The summed E-state index contributed by atoms with van der Waals surface area (Å²) in [5, 5.41) is 16.9. The second-order valence-corrected chi connectivity index (χ2v) is 14.5. The largest absolute Gasteiger partial charge is 0.434 e. The van der Waals surface area contributed by atoms with Crippen molar-refractivity contribution in [2.45, 2.75) is 76.5 Å². The number of benzene rings is 1. The molecular formula is C34H42F2N8O. The van der Waals surface area contributed by atoms with E-state index in [0.29, 0.717) is 71.5 Å². The molecule has 238 valence electrons. The van der Waals surface area contributed by atoms with Crippen LogP contribution in [0.2, 0.25) is 0 Å². The first kappa shape index (κ1) is 29.1. The number of likely N-dealkylation sites (tertiary alicyclic amines) is 2. The average molecular weight is 617 g/mol. The summed E-state index contributed by atoms with van der Waals surface area (Å²) in [5.41, 5.74) is 2.48. The van der Waals surface area contributed by atoms with Gasteiger partial charge in [-0.1, -0.05) is 13.8 Å². The van der Waals surface area contributed by atoms with Crippen LogP contribution in [0.15, 0.2) is 36.8 Å². The van der Waals surface area contributed by atoms with Crippen LogP contribution in [-0.2, 0) is 0 Å². The van der Waals surface area contributed by atoms with Crippen LogP contribution in [-0.4, -0.2) is 92.7 Å². The molecule has 0 bridgehead atoms. The lowest BCUT2D eigenvalue weighted by atomic mass is 9.68. The van der Waals surface area contributed by atoms with Gasteiger partial charge in [-0.3, -0.25) is 9.80 Å². The van der Waals surface area contributed by atoms with Crippen molar-refractivity contribution in [2.75, 3.05) is 44.2 Å². The Balaban J connectivity index is 0.956. The molecule has 1 spiro atoms. The van der Waals surface area contributed by atoms with E-state index >= 15 is 0 Å². The van der Waals surface area contributed by atoms with Crippen molar-refractivity contribution in [3.05, 3.63) is 48.2 Å². The molecule has 3 aromatic rings. The van der Waals surface area contributed by atoms with E-state index in [4.69, 9.17) is 4.74 Å². The molecule has 0 amide bonds. The maximum absolute atomic E-state index is 14.5. The predicted octanol–water partition coefficient (Wildman–Crippen LogP) is 5.50. The van der Waals surface area contributed by atoms with Crippen LogP contribution in [0.5, 0.6) is 11.6 Å². The van der Waals surface area contributed by atoms with E-state index in [1.807, 2.05) is 6.07 Å². The summed E-state index contributed by atoms with van der Waals surface area (Å²) >= 11 is 0. The molecule has 8 rings (SSSR count). The van der Waals surface area contributed by atoms with Gasteiger partial charge in [0.1, 0.15) is 29.8 Å². The minimum absolute atomic E-state index is 0.217. The van der Waals surface area contributed by atoms with Crippen molar-refractivity contribution >= 4 is 5.82 Å². The normalized spacial score (nSPS) is 27.1. The van der Waals surface area contributed by atoms with E-state index in [2.05, 4.69) is 53.9 Å². The molecule has 0 radical (unpaired) electrons. The lowest BCUT2D eigenvalue weighted by Crippen LogP contribution is -2.65. The summed E-state index contributed by atoms with van der Waals surface area (Å²) in [5.74, 6) is 2.77. The molecule has 2 aromatic heterocycles. The predicted molar refractivity (Wildman–Crippen MR) is 166 cm³/mol. The van der Waals surface area contributed by atoms with Gasteiger partial charge in [-0.2, -0.15) is 10.2 Å². The molecule has 5 fully saturated rings. The Hall–Kier alpha value is -3.31. The lowest BCUT2D eigenvalue weighted by molar-refractivity contribution is -0.0785. The van der Waals surface area contributed by atoms with E-state index in [-0.39, 0.29) is 11.2 Å². The number of alkyl halides is 1. The van der Waals surface area contributed by atoms with Crippen molar-refractivity contribution in [1.29, 1.82) is 0 Å². The average Bonchev–Trinajstić information content (AvgIpc) is 3.61. The number of aromatic nitrogens is 5. The quantitative estimate of drug-likeness (QED) is 0.310. The zero-order chi connectivity index (χ0) is 30.7. The van der Waals surface area contributed by atoms with E-state index < -0.39 is 6.17 Å². The highest BCUT2D eigenvalue weighted by atomic mass is 19.1. The summed E-state index contributed by atoms with van der Waals surface area (Å²) in [6.07, 6.45) is 8.87. The van der Waals surface area contributed by atoms with Gasteiger partial charge in [-0.05, 0) is 86.1 Å². The van der Waals surface area contributed by atoms with Crippen molar-refractivity contribution in [3.8, 4) is 22.9 Å². The topological polar surface area (TPSA) is 83.4 Å². The summed E-state index contributed by atoms with van der Waals surface area (Å²) in [7, 11) is 0. The highest BCUT2D eigenvalue weighted by molar-refractivity contribution is 5.71. The SMILES string of the molecule is CC(C)[C@@H](C1CC(N2CC[C@@H](F)C2)C1)N1CC2(CCN(c3ncnnc3Oc3ccc(F)cc3-c3nnccc3C3CC3)C2)C1. The molecule has 0 unspecified atom stereocenters. The Morgan fingerprint density at radius 3 is 2.60 bits per heavy atom. The van der Waals surface area contributed by atoms with Gasteiger partial charge in [0.25, 0.3) is 5.88 Å². The molecule has 45 heavy (non-hydrogen) atoms. The van der Waals surface area contributed by atoms with Gasteiger partial charge < -0.3 is 9.64 Å². The fraction of sp³-hybridized carbons (Fsp3) is 0.618. The number of hydrogen-bond acceptors (Lipinski definition) is 9. The van der Waals surface area contributed by atoms with Crippen LogP contribution in [0.25, 0.3) is 11.3 Å². The number of anilines is 1. The minimum atomic E-state index is -0.641. The van der Waals surface area contributed by atoms with Crippen LogP contribution >= 0.6 is 0 Å². The van der Waals surface area contributed by atoms with Gasteiger partial charge in [-0.15, -0.1) is 10.2 Å². The number of ether oxygens (including phenoxy) is 1. The first-order chi connectivity index (χ1) is 21.9. The van der Waals surface area contributed by atoms with Gasteiger partial charge in [0.15, 0.2) is 5.82 Å². The molecule has 5 heterocycles. The Bertz CT molecular complexity index is 1540. The zero-order valence-electron chi connectivity index (χ0n) is 26.2. The zero-order valence-corrected chi connectivity index (χ0v) is 26.2. The summed E-state index contributed by atoms with van der Waals surface area (Å²) in [6.45, 7) is 10.2. The van der Waals surface area contributed by atoms with Crippen molar-refractivity contribution < 1.29 is 13.5 Å². The molecule has 2 aliphatic carbocycles. The maximum atomic E-state index is 14.5. The van der Waals surface area contributed by atoms with Crippen LogP contribution in [0, 0.1) is 23.1 Å². The van der Waals surface area contributed by atoms with Gasteiger partial charge in [0, 0.05) is 68.5 Å². The third-order valence-corrected chi connectivity index (χ3v) is 11.0. The Labute approximate surface area is 263 Å². The third-order valence-electron chi connectivity index (χ3n) is 11.0. The summed E-state index contributed by atoms with van der Waals surface area (Å²) in [4.78, 5) is 12.0. The second-order valence-electron chi connectivity index (χ2n) is 14.5. The Kier molecular flexibility index (Phi) is 7.43. The van der Waals surface area contributed by atoms with Crippen LogP contribution in [0.1, 0.15) is 63.9 Å². The fourth-order valence-corrected chi connectivity index (χ4v) is 8.64. The fourth-order valence-electron chi connectivity index (χ4n) is 8.64. The summed E-state index contributed by atoms with van der Waals surface area (Å²) in [6, 6.07) is 7.58. The third kappa shape index (κ3) is 5.56. The van der Waals surface area contributed by atoms with E-state index in [1.165, 1.54) is 31.3 Å². The lowest BCUT2D eigenvalue weighted by Gasteiger charge is -2.57. The van der Waals surface area contributed by atoms with Crippen LogP contribution < -0.4 is 9.64 Å². The molecule has 0 N–H and O–H groups in total. The van der Waals surface area contributed by atoms with Crippen molar-refractivity contribution in [3.63, 3.8) is 0 Å². The van der Waals surface area contributed by atoms with Crippen LogP contribution in [0.4, 0.5) is 14.6 Å². The number of rotatable bonds is 9. The van der Waals surface area contributed by atoms with Gasteiger partial charge in [0.05, 0.1) is 0 Å². The monoisotopic (exact) mass is 616 g/mol. The number of halogens is 2. The Morgan fingerprint density at radius 2 is 1.84 bits per heavy atom. The van der Waals surface area contributed by atoms with Gasteiger partial charge >= 0.3 is 0 Å². The first-order valence-electron chi connectivity index (χ1n) is 16.7. The van der Waals surface area contributed by atoms with E-state index in [1.54, 1.807) is 12.3 Å². The molecule has 2 saturated carbocycles. The molecule has 9 nitrogen and oxygen atoms in total. The van der Waals surface area contributed by atoms with Gasteiger partial charge in [-0.25, -0.2) is 13.8 Å². The first-order valence-corrected chi connectivity index (χ1v) is 16.7. The molecule has 3 aliphatic heterocycles. The standard InChI is InChI=1S/C34H42F2N8O/c1-21(2)31(23-13-26(14-23)42-11-8-25(36)16-42)44-18-34(19-44)9-12-43(17-34)32-33(41-39-20-37-32)45-29-6-5-24(35)15-28(29)30-27(22-3-4-22)7-10-38-40-30/h5-7,10,15,20-23,25-26,31H,3-4,8-9,11-14,16-19H2,1-2H3/t23?,25-,26?,31+/m1/s1. The Morgan fingerprint density at radius 1 is 1.00 bits per heavy atom. The molecule has 1 aromatic carbocycles. The molecule has 5 aliphatic rings. The highest BCUT2D eigenvalue weighted by Gasteiger charge is 2.53. The van der Waals surface area contributed by atoms with Crippen LogP contribution in [0.3, 0.4) is 0 Å². The van der Waals surface area contributed by atoms with Crippen molar-refractivity contribution in [2.24, 2.45) is 17.3 Å². The number of nitrogens with zero attached hydrogens (tertiary/aromatic N) is 8. The number of hydrogen-bond donors (Lipinski definition) is 0. The second kappa shape index (κ2) is 11.5. The molecular weight excluding hydrogens is 574 g/mol. The minimum Gasteiger partial charge on any atom is -0.434 e. The smallest absolute Gasteiger partial charge is 0.282 e. The highest BCUT2D eigenvalue weighted by Crippen LogP contribution is 2.49.